The van der Waals surface area contributed by atoms with E-state index >= 15 is 0 Å². The van der Waals surface area contributed by atoms with E-state index in [9.17, 15) is 4.79 Å². The Balaban J connectivity index is 0.00000192. The van der Waals surface area contributed by atoms with E-state index in [0.29, 0.717) is 5.69 Å². The molecule has 0 aliphatic heterocycles. The highest BCUT2D eigenvalue weighted by atomic mass is 35.5. The molecule has 1 aromatic heterocycles. The molecule has 1 unspecified atom stereocenters. The summed E-state index contributed by atoms with van der Waals surface area (Å²) in [5, 5.41) is 0. The Morgan fingerprint density at radius 3 is 2.30 bits per heavy atom. The quantitative estimate of drug-likeness (QED) is 0.679. The van der Waals surface area contributed by atoms with E-state index < -0.39 is 11.9 Å². The van der Waals surface area contributed by atoms with Gasteiger partial charge in [-0.3, -0.25) is 9.78 Å². The van der Waals surface area contributed by atoms with Crippen LogP contribution >= 0.6 is 24.6 Å². The molecule has 120 valence electrons. The lowest BCUT2D eigenvalue weighted by Crippen LogP contribution is -2.32. The van der Waals surface area contributed by atoms with Crippen molar-refractivity contribution in [1.29, 1.82) is 0 Å². The first-order valence-electron chi connectivity index (χ1n) is 7.12. The molecule has 2 N–H and O–H groups in total. The largest absolute Gasteiger partial charge is 0.461 e. The number of carbonyl (C=O) groups is 1. The summed E-state index contributed by atoms with van der Waals surface area (Å²) in [7, 11) is 0. The lowest BCUT2D eigenvalue weighted by molar-refractivity contribution is -0.148. The number of carbonyl (C=O) groups excluding carboxylic acids is 1. The Morgan fingerprint density at radius 2 is 1.78 bits per heavy atom. The molecule has 1 aromatic carbocycles. The second-order valence-electron chi connectivity index (χ2n) is 5.33. The summed E-state index contributed by atoms with van der Waals surface area (Å²) in [5.74, 6) is -1.22. The third kappa shape index (κ3) is 3.86. The van der Waals surface area contributed by atoms with E-state index in [-0.39, 0.29) is 23.5 Å². The normalized spacial score (nSPS) is 14.4. The fourth-order valence-corrected chi connectivity index (χ4v) is 2.98. The first-order chi connectivity index (χ1) is 10.6. The van der Waals surface area contributed by atoms with E-state index in [0.717, 1.165) is 12.8 Å². The van der Waals surface area contributed by atoms with Gasteiger partial charge in [-0.2, -0.15) is 0 Å². The van der Waals surface area contributed by atoms with Gasteiger partial charge in [0.05, 0.1) is 10.7 Å². The van der Waals surface area contributed by atoms with Crippen molar-refractivity contribution in [3.05, 3.63) is 65.5 Å². The number of nitrogens with zero attached hydrogens (tertiary/aromatic N) is 1. The first-order valence-corrected chi connectivity index (χ1v) is 7.53. The minimum Gasteiger partial charge on any atom is -0.461 e. The van der Waals surface area contributed by atoms with Crippen molar-refractivity contribution < 1.29 is 9.53 Å². The Hall–Kier alpha value is -1.98. The summed E-state index contributed by atoms with van der Waals surface area (Å²) < 4.78 is 5.63. The average Bonchev–Trinajstić information content (AvgIpc) is 2.90. The number of pyridine rings is 1. The first kappa shape index (κ1) is 17.4. The van der Waals surface area contributed by atoms with Gasteiger partial charge in [0.2, 0.25) is 0 Å². The number of esters is 1. The van der Waals surface area contributed by atoms with Crippen LogP contribution in [0.15, 0.2) is 48.7 Å². The van der Waals surface area contributed by atoms with Crippen LogP contribution in [0.5, 0.6) is 0 Å². The van der Waals surface area contributed by atoms with Gasteiger partial charge >= 0.3 is 5.97 Å². The number of fused-ring (bicyclic) bond motifs is 1. The van der Waals surface area contributed by atoms with Crippen LogP contribution in [0.1, 0.15) is 22.7 Å². The molecule has 23 heavy (non-hydrogen) atoms. The highest BCUT2D eigenvalue weighted by Crippen LogP contribution is 2.26. The van der Waals surface area contributed by atoms with E-state index in [4.69, 9.17) is 22.7 Å². The maximum atomic E-state index is 12.5. The van der Waals surface area contributed by atoms with Crippen molar-refractivity contribution in [3.63, 3.8) is 0 Å². The Kier molecular flexibility index (Phi) is 5.69. The average molecular weight is 349 g/mol. The number of thiocarbonyl (C=S) groups is 1. The molecule has 6 heteroatoms. The Bertz CT molecular complexity index is 684. The summed E-state index contributed by atoms with van der Waals surface area (Å²) in [5.41, 5.74) is 8.70. The van der Waals surface area contributed by atoms with Gasteiger partial charge in [-0.15, -0.1) is 12.4 Å². The number of hydrogen-bond acceptors (Lipinski definition) is 4. The number of hydrogen-bond donors (Lipinski definition) is 1. The smallest absolute Gasteiger partial charge is 0.322 e. The Labute approximate surface area is 146 Å². The predicted octanol–water partition coefficient (Wildman–Crippen LogP) is 2.58. The number of aromatic nitrogens is 1. The van der Waals surface area contributed by atoms with Crippen molar-refractivity contribution in [2.24, 2.45) is 5.73 Å². The molecule has 0 bridgehead atoms. The zero-order chi connectivity index (χ0) is 15.5. The predicted molar refractivity (Wildman–Crippen MR) is 94.7 cm³/mol. The number of rotatable bonds is 4. The molecule has 0 radical (unpaired) electrons. The van der Waals surface area contributed by atoms with Gasteiger partial charge in [0.1, 0.15) is 12.0 Å². The number of halogens is 1. The van der Waals surface area contributed by atoms with Gasteiger partial charge in [0.15, 0.2) is 0 Å². The third-order valence-corrected chi connectivity index (χ3v) is 4.04. The van der Waals surface area contributed by atoms with Crippen LogP contribution in [0.4, 0.5) is 0 Å². The molecule has 2 aromatic rings. The summed E-state index contributed by atoms with van der Waals surface area (Å²) in [6.45, 7) is 0. The standard InChI is InChI=1S/C17H16N2O2S.ClH/c18-16(22)15(14-7-3-4-8-19-14)17(20)21-13-9-11-5-1-2-6-12(11)10-13;/h1-8,13,15H,9-10H2,(H2,18,22);1H. The van der Waals surface area contributed by atoms with Crippen molar-refractivity contribution >= 4 is 35.6 Å². The monoisotopic (exact) mass is 348 g/mol. The van der Waals surface area contributed by atoms with E-state index in [1.165, 1.54) is 11.1 Å². The molecule has 1 heterocycles. The minimum absolute atomic E-state index is 0. The lowest BCUT2D eigenvalue weighted by Gasteiger charge is -2.17. The molecule has 3 rings (SSSR count). The molecule has 1 atom stereocenters. The number of nitrogens with two attached hydrogens (primary N) is 1. The van der Waals surface area contributed by atoms with Crippen molar-refractivity contribution in [3.8, 4) is 0 Å². The van der Waals surface area contributed by atoms with Gasteiger partial charge in [-0.25, -0.2) is 0 Å². The molecular weight excluding hydrogens is 332 g/mol. The van der Waals surface area contributed by atoms with E-state index in [1.54, 1.807) is 24.4 Å². The van der Waals surface area contributed by atoms with Crippen LogP contribution < -0.4 is 5.73 Å². The topological polar surface area (TPSA) is 65.2 Å². The summed E-state index contributed by atoms with van der Waals surface area (Å²) in [6, 6.07) is 13.4. The van der Waals surface area contributed by atoms with Crippen molar-refractivity contribution in [2.45, 2.75) is 24.9 Å². The molecule has 4 nitrogen and oxygen atoms in total. The lowest BCUT2D eigenvalue weighted by atomic mass is 10.1. The van der Waals surface area contributed by atoms with Crippen molar-refractivity contribution in [1.82, 2.24) is 4.98 Å². The fourth-order valence-electron chi connectivity index (χ4n) is 2.76. The van der Waals surface area contributed by atoms with Crippen LogP contribution in [-0.4, -0.2) is 22.0 Å². The second kappa shape index (κ2) is 7.53. The number of ether oxygens (including phenoxy) is 1. The maximum Gasteiger partial charge on any atom is 0.322 e. The highest BCUT2D eigenvalue weighted by Gasteiger charge is 2.31. The van der Waals surface area contributed by atoms with Gasteiger partial charge in [0, 0.05) is 19.0 Å². The Morgan fingerprint density at radius 1 is 1.17 bits per heavy atom. The second-order valence-corrected chi connectivity index (χ2v) is 5.80. The van der Waals surface area contributed by atoms with Crippen LogP contribution in [0.25, 0.3) is 0 Å². The SMILES string of the molecule is Cl.NC(=S)C(C(=O)OC1Cc2ccccc2C1)c1ccccn1. The van der Waals surface area contributed by atoms with Gasteiger partial charge < -0.3 is 10.5 Å². The van der Waals surface area contributed by atoms with E-state index in [1.807, 2.05) is 12.1 Å². The van der Waals surface area contributed by atoms with Gasteiger partial charge in [0.25, 0.3) is 0 Å². The highest BCUT2D eigenvalue weighted by molar-refractivity contribution is 7.80. The molecule has 1 aliphatic carbocycles. The molecule has 1 aliphatic rings. The molecule has 0 saturated heterocycles. The van der Waals surface area contributed by atoms with Crippen LogP contribution in [-0.2, 0) is 22.4 Å². The van der Waals surface area contributed by atoms with Gasteiger partial charge in [-0.05, 0) is 23.3 Å². The van der Waals surface area contributed by atoms with Crippen LogP contribution in [0.3, 0.4) is 0 Å². The van der Waals surface area contributed by atoms with Gasteiger partial charge in [-0.1, -0.05) is 42.5 Å². The van der Waals surface area contributed by atoms with E-state index in [2.05, 4.69) is 17.1 Å². The number of benzene rings is 1. The zero-order valence-electron chi connectivity index (χ0n) is 12.3. The molecule has 0 spiro atoms. The fraction of sp³-hybridized carbons (Fsp3) is 0.235. The molecule has 0 saturated carbocycles. The summed E-state index contributed by atoms with van der Waals surface area (Å²) >= 11 is 5.02. The third-order valence-electron chi connectivity index (χ3n) is 3.80. The minimum atomic E-state index is -0.792. The molecular formula is C17H17ClN2O2S. The molecule has 0 amide bonds. The molecule has 0 fully saturated rings. The summed E-state index contributed by atoms with van der Waals surface area (Å²) in [6.07, 6.45) is 2.91. The maximum absolute atomic E-state index is 12.5. The zero-order valence-corrected chi connectivity index (χ0v) is 14.0. The van der Waals surface area contributed by atoms with Crippen molar-refractivity contribution in [2.75, 3.05) is 0 Å². The van der Waals surface area contributed by atoms with Crippen LogP contribution in [0.2, 0.25) is 0 Å². The summed E-state index contributed by atoms with van der Waals surface area (Å²) in [4.78, 5) is 16.7. The van der Waals surface area contributed by atoms with Crippen LogP contribution in [0, 0.1) is 0 Å².